The number of nitrogens with zero attached hydrogens (tertiary/aromatic N) is 1. The lowest BCUT2D eigenvalue weighted by molar-refractivity contribution is -0.114. The Labute approximate surface area is 126 Å². The van der Waals surface area contributed by atoms with Gasteiger partial charge in [0.15, 0.2) is 5.13 Å². The molecule has 0 saturated heterocycles. The second-order valence-corrected chi connectivity index (χ2v) is 5.58. The third-order valence-corrected chi connectivity index (χ3v) is 4.12. The van der Waals surface area contributed by atoms with Crippen molar-refractivity contribution in [3.63, 3.8) is 0 Å². The minimum Gasteiger partial charge on any atom is -0.497 e. The first-order valence-corrected chi connectivity index (χ1v) is 7.30. The van der Waals surface area contributed by atoms with Crippen LogP contribution in [-0.4, -0.2) is 18.0 Å². The Bertz CT molecular complexity index is 794. The minimum atomic E-state index is -0.111. The third kappa shape index (κ3) is 2.73. The number of hydrogen-bond donors (Lipinski definition) is 1. The molecule has 1 heterocycles. The molecule has 0 aliphatic carbocycles. The van der Waals surface area contributed by atoms with Crippen LogP contribution in [0.5, 0.6) is 5.75 Å². The van der Waals surface area contributed by atoms with E-state index < -0.39 is 0 Å². The lowest BCUT2D eigenvalue weighted by Gasteiger charge is -2.04. The molecule has 2 aromatic carbocycles. The predicted molar refractivity (Wildman–Crippen MR) is 85.9 cm³/mol. The van der Waals surface area contributed by atoms with E-state index in [9.17, 15) is 4.79 Å². The number of methoxy groups -OCH3 is 1. The number of nitrogens with one attached hydrogen (secondary N) is 1. The van der Waals surface area contributed by atoms with Crippen molar-refractivity contribution in [2.45, 2.75) is 6.92 Å². The van der Waals surface area contributed by atoms with Crippen LogP contribution >= 0.6 is 11.3 Å². The zero-order valence-electron chi connectivity index (χ0n) is 11.7. The SMILES string of the molecule is COc1ccc(-c2cccc3nc(NC(C)=O)sc23)cc1. The molecule has 0 fully saturated rings. The van der Waals surface area contributed by atoms with E-state index in [1.54, 1.807) is 7.11 Å². The summed E-state index contributed by atoms with van der Waals surface area (Å²) in [6.07, 6.45) is 0. The van der Waals surface area contributed by atoms with Gasteiger partial charge >= 0.3 is 0 Å². The molecule has 0 saturated carbocycles. The molecule has 0 radical (unpaired) electrons. The van der Waals surface area contributed by atoms with Crippen LogP contribution < -0.4 is 10.1 Å². The quantitative estimate of drug-likeness (QED) is 0.797. The highest BCUT2D eigenvalue weighted by Crippen LogP contribution is 2.35. The van der Waals surface area contributed by atoms with E-state index >= 15 is 0 Å². The molecule has 0 bridgehead atoms. The fourth-order valence-corrected chi connectivity index (χ4v) is 3.20. The maximum Gasteiger partial charge on any atom is 0.223 e. The third-order valence-electron chi connectivity index (χ3n) is 3.10. The lowest BCUT2D eigenvalue weighted by atomic mass is 10.1. The summed E-state index contributed by atoms with van der Waals surface area (Å²) in [6.45, 7) is 1.48. The van der Waals surface area contributed by atoms with Crippen LogP contribution in [0, 0.1) is 0 Å². The summed E-state index contributed by atoms with van der Waals surface area (Å²) in [5, 5.41) is 3.36. The molecule has 21 heavy (non-hydrogen) atoms. The summed E-state index contributed by atoms with van der Waals surface area (Å²) < 4.78 is 6.24. The number of thiazole rings is 1. The van der Waals surface area contributed by atoms with Gasteiger partial charge in [-0.05, 0) is 23.8 Å². The Morgan fingerprint density at radius 1 is 1.19 bits per heavy atom. The highest BCUT2D eigenvalue weighted by atomic mass is 32.1. The number of carbonyl (C=O) groups excluding carboxylic acids is 1. The maximum absolute atomic E-state index is 11.2. The van der Waals surface area contributed by atoms with Gasteiger partial charge in [0.05, 0.1) is 17.3 Å². The molecule has 3 aromatic rings. The van der Waals surface area contributed by atoms with Gasteiger partial charge in [0.2, 0.25) is 5.91 Å². The second-order valence-electron chi connectivity index (χ2n) is 4.58. The smallest absolute Gasteiger partial charge is 0.223 e. The maximum atomic E-state index is 11.2. The van der Waals surface area contributed by atoms with Gasteiger partial charge in [-0.15, -0.1) is 0 Å². The van der Waals surface area contributed by atoms with Gasteiger partial charge in [-0.2, -0.15) is 0 Å². The summed E-state index contributed by atoms with van der Waals surface area (Å²) in [5.74, 6) is 0.717. The van der Waals surface area contributed by atoms with Crippen molar-refractivity contribution in [3.8, 4) is 16.9 Å². The van der Waals surface area contributed by atoms with E-state index in [2.05, 4.69) is 16.4 Å². The number of carbonyl (C=O) groups is 1. The largest absolute Gasteiger partial charge is 0.497 e. The van der Waals surface area contributed by atoms with E-state index in [0.29, 0.717) is 5.13 Å². The Balaban J connectivity index is 2.08. The number of aromatic nitrogens is 1. The van der Waals surface area contributed by atoms with Crippen molar-refractivity contribution in [2.75, 3.05) is 12.4 Å². The Hall–Kier alpha value is -2.40. The summed E-state index contributed by atoms with van der Waals surface area (Å²) in [7, 11) is 1.65. The molecular formula is C16H14N2O2S. The summed E-state index contributed by atoms with van der Waals surface area (Å²) in [5.41, 5.74) is 3.08. The molecule has 5 heteroatoms. The molecule has 1 aromatic heterocycles. The van der Waals surface area contributed by atoms with Gasteiger partial charge in [0.25, 0.3) is 0 Å². The highest BCUT2D eigenvalue weighted by molar-refractivity contribution is 7.22. The van der Waals surface area contributed by atoms with Crippen LogP contribution in [0.15, 0.2) is 42.5 Å². The molecule has 1 N–H and O–H groups in total. The molecule has 0 aliphatic heterocycles. The van der Waals surface area contributed by atoms with Crippen molar-refractivity contribution in [1.82, 2.24) is 4.98 Å². The zero-order valence-corrected chi connectivity index (χ0v) is 12.5. The summed E-state index contributed by atoms with van der Waals surface area (Å²) in [4.78, 5) is 15.6. The van der Waals surface area contributed by atoms with Crippen LogP contribution in [0.3, 0.4) is 0 Å². The van der Waals surface area contributed by atoms with Crippen LogP contribution in [0.1, 0.15) is 6.92 Å². The first-order valence-electron chi connectivity index (χ1n) is 6.49. The standard InChI is InChI=1S/C16H14N2O2S/c1-10(19)17-16-18-14-5-3-4-13(15(14)21-16)11-6-8-12(20-2)9-7-11/h3-9H,1-2H3,(H,17,18,19). The molecule has 0 spiro atoms. The van der Waals surface area contributed by atoms with Gasteiger partial charge in [0, 0.05) is 12.5 Å². The molecule has 0 atom stereocenters. The van der Waals surface area contributed by atoms with Crippen LogP contribution in [0.2, 0.25) is 0 Å². The number of fused-ring (bicyclic) bond motifs is 1. The number of hydrogen-bond acceptors (Lipinski definition) is 4. The minimum absolute atomic E-state index is 0.111. The van der Waals surface area contributed by atoms with E-state index in [1.807, 2.05) is 36.4 Å². The Morgan fingerprint density at radius 3 is 2.62 bits per heavy atom. The van der Waals surface area contributed by atoms with E-state index in [4.69, 9.17) is 4.74 Å². The van der Waals surface area contributed by atoms with Gasteiger partial charge in [-0.1, -0.05) is 35.6 Å². The summed E-state index contributed by atoms with van der Waals surface area (Å²) >= 11 is 1.48. The normalized spacial score (nSPS) is 10.6. The van der Waals surface area contributed by atoms with Crippen molar-refractivity contribution >= 4 is 32.6 Å². The zero-order chi connectivity index (χ0) is 14.8. The Kier molecular flexibility index (Phi) is 3.58. The first-order chi connectivity index (χ1) is 10.2. The molecular weight excluding hydrogens is 284 g/mol. The fraction of sp³-hybridized carbons (Fsp3) is 0.125. The molecule has 1 amide bonds. The van der Waals surface area contributed by atoms with Crippen molar-refractivity contribution < 1.29 is 9.53 Å². The molecule has 3 rings (SSSR count). The van der Waals surface area contributed by atoms with Gasteiger partial charge < -0.3 is 10.1 Å². The molecule has 0 unspecified atom stereocenters. The van der Waals surface area contributed by atoms with E-state index in [1.165, 1.54) is 18.3 Å². The number of benzene rings is 2. The number of amides is 1. The average Bonchev–Trinajstić information content (AvgIpc) is 2.88. The van der Waals surface area contributed by atoms with Crippen LogP contribution in [0.4, 0.5) is 5.13 Å². The van der Waals surface area contributed by atoms with Gasteiger partial charge in [0.1, 0.15) is 5.75 Å². The van der Waals surface area contributed by atoms with E-state index in [0.717, 1.165) is 27.1 Å². The van der Waals surface area contributed by atoms with Crippen LogP contribution in [0.25, 0.3) is 21.3 Å². The Morgan fingerprint density at radius 2 is 1.95 bits per heavy atom. The fourth-order valence-electron chi connectivity index (χ4n) is 2.15. The average molecular weight is 298 g/mol. The topological polar surface area (TPSA) is 51.2 Å². The van der Waals surface area contributed by atoms with E-state index in [-0.39, 0.29) is 5.91 Å². The monoisotopic (exact) mass is 298 g/mol. The summed E-state index contributed by atoms with van der Waals surface area (Å²) in [6, 6.07) is 13.9. The number of rotatable bonds is 3. The van der Waals surface area contributed by atoms with Gasteiger partial charge in [-0.3, -0.25) is 4.79 Å². The van der Waals surface area contributed by atoms with Gasteiger partial charge in [-0.25, -0.2) is 4.98 Å². The lowest BCUT2D eigenvalue weighted by Crippen LogP contribution is -2.04. The number of ether oxygens (including phenoxy) is 1. The van der Waals surface area contributed by atoms with Crippen LogP contribution in [-0.2, 0) is 4.79 Å². The second kappa shape index (κ2) is 5.54. The van der Waals surface area contributed by atoms with Crippen molar-refractivity contribution in [3.05, 3.63) is 42.5 Å². The number of anilines is 1. The van der Waals surface area contributed by atoms with Crippen molar-refractivity contribution in [2.24, 2.45) is 0 Å². The molecule has 0 aliphatic rings. The first kappa shape index (κ1) is 13.6. The predicted octanol–water partition coefficient (Wildman–Crippen LogP) is 3.93. The molecule has 4 nitrogen and oxygen atoms in total. The van der Waals surface area contributed by atoms with Crippen molar-refractivity contribution in [1.29, 1.82) is 0 Å². The molecule has 106 valence electrons. The highest BCUT2D eigenvalue weighted by Gasteiger charge is 2.10.